The topological polar surface area (TPSA) is 95.0 Å². The minimum Gasteiger partial charge on any atom is -0.382 e. The molecule has 30 heavy (non-hydrogen) atoms. The van der Waals surface area contributed by atoms with E-state index in [4.69, 9.17) is 10.5 Å². The zero-order chi connectivity index (χ0) is 20.5. The van der Waals surface area contributed by atoms with Gasteiger partial charge in [0.15, 0.2) is 17.3 Å². The highest BCUT2D eigenvalue weighted by Gasteiger charge is 2.20. The molecule has 3 aromatic heterocycles. The van der Waals surface area contributed by atoms with E-state index in [-0.39, 0.29) is 12.4 Å². The Morgan fingerprint density at radius 1 is 1.07 bits per heavy atom. The van der Waals surface area contributed by atoms with E-state index in [9.17, 15) is 4.39 Å². The zero-order valence-corrected chi connectivity index (χ0v) is 16.2. The number of hydrogen-bond acceptors (Lipinski definition) is 7. The second-order valence-corrected chi connectivity index (χ2v) is 7.04. The number of halogens is 1. The smallest absolute Gasteiger partial charge is 0.182 e. The molecular formula is C21H20FN7O. The van der Waals surface area contributed by atoms with Gasteiger partial charge in [-0.25, -0.2) is 24.0 Å². The molecule has 4 heterocycles. The predicted octanol–water partition coefficient (Wildman–Crippen LogP) is 2.49. The fourth-order valence-electron chi connectivity index (χ4n) is 3.62. The van der Waals surface area contributed by atoms with Gasteiger partial charge in [-0.3, -0.25) is 0 Å². The van der Waals surface area contributed by atoms with Crippen molar-refractivity contribution in [2.45, 2.75) is 6.54 Å². The highest BCUT2D eigenvalue weighted by atomic mass is 19.1. The second kappa shape index (κ2) is 7.68. The number of rotatable bonds is 4. The van der Waals surface area contributed by atoms with Crippen molar-refractivity contribution in [1.29, 1.82) is 0 Å². The Hall–Kier alpha value is -3.59. The van der Waals surface area contributed by atoms with Crippen molar-refractivity contribution in [2.24, 2.45) is 0 Å². The number of pyridine rings is 1. The fourth-order valence-corrected chi connectivity index (χ4v) is 3.62. The van der Waals surface area contributed by atoms with Gasteiger partial charge in [-0.15, -0.1) is 0 Å². The Kier molecular flexibility index (Phi) is 4.72. The number of anilines is 2. The summed E-state index contributed by atoms with van der Waals surface area (Å²) in [5.41, 5.74) is 8.77. The van der Waals surface area contributed by atoms with Crippen LogP contribution in [0.1, 0.15) is 5.56 Å². The van der Waals surface area contributed by atoms with Crippen molar-refractivity contribution in [1.82, 2.24) is 24.7 Å². The minimum absolute atomic E-state index is 0.252. The quantitative estimate of drug-likeness (QED) is 0.557. The van der Waals surface area contributed by atoms with Crippen molar-refractivity contribution in [3.63, 3.8) is 0 Å². The Labute approximate surface area is 172 Å². The molecular weight excluding hydrogens is 385 g/mol. The zero-order valence-electron chi connectivity index (χ0n) is 16.2. The van der Waals surface area contributed by atoms with Crippen molar-refractivity contribution >= 4 is 22.5 Å². The van der Waals surface area contributed by atoms with E-state index >= 15 is 0 Å². The molecule has 9 heteroatoms. The third kappa shape index (κ3) is 3.33. The van der Waals surface area contributed by atoms with Crippen LogP contribution in [0.15, 0.2) is 48.8 Å². The van der Waals surface area contributed by atoms with E-state index in [2.05, 4.69) is 25.0 Å². The van der Waals surface area contributed by atoms with Gasteiger partial charge in [0.1, 0.15) is 11.5 Å². The lowest BCUT2D eigenvalue weighted by molar-refractivity contribution is 0.122. The van der Waals surface area contributed by atoms with Crippen LogP contribution in [0.25, 0.3) is 22.6 Å². The molecule has 0 bridgehead atoms. The van der Waals surface area contributed by atoms with Gasteiger partial charge in [0.25, 0.3) is 0 Å². The maximum atomic E-state index is 14.2. The standard InChI is InChI=1S/C21H20FN7O/c22-16-6-2-1-4-14(16)13-29-21-15(5-3-7-24-21)18(27-29)20-25-12-17(19(23)26-20)28-8-10-30-11-9-28/h1-7,12H,8-11,13H2,(H2,23,25,26). The number of nitrogens with two attached hydrogens (primary N) is 1. The Bertz CT molecular complexity index is 1200. The summed E-state index contributed by atoms with van der Waals surface area (Å²) in [7, 11) is 0. The molecule has 0 radical (unpaired) electrons. The van der Waals surface area contributed by atoms with Gasteiger partial charge >= 0.3 is 0 Å². The van der Waals surface area contributed by atoms with E-state index in [1.54, 1.807) is 35.3 Å². The van der Waals surface area contributed by atoms with Gasteiger partial charge < -0.3 is 15.4 Å². The van der Waals surface area contributed by atoms with Crippen LogP contribution < -0.4 is 10.6 Å². The highest BCUT2D eigenvalue weighted by molar-refractivity contribution is 5.89. The van der Waals surface area contributed by atoms with Crippen LogP contribution in [0.4, 0.5) is 15.9 Å². The van der Waals surface area contributed by atoms with E-state index in [1.165, 1.54) is 6.07 Å². The largest absolute Gasteiger partial charge is 0.382 e. The molecule has 0 atom stereocenters. The first-order chi connectivity index (χ1) is 14.7. The summed E-state index contributed by atoms with van der Waals surface area (Å²) >= 11 is 0. The van der Waals surface area contributed by atoms with Gasteiger partial charge in [-0.2, -0.15) is 5.10 Å². The summed E-state index contributed by atoms with van der Waals surface area (Å²) in [5.74, 6) is 0.520. The first-order valence-electron chi connectivity index (χ1n) is 9.71. The van der Waals surface area contributed by atoms with Crippen molar-refractivity contribution < 1.29 is 9.13 Å². The van der Waals surface area contributed by atoms with E-state index in [0.29, 0.717) is 41.8 Å². The van der Waals surface area contributed by atoms with Crippen LogP contribution in [-0.2, 0) is 11.3 Å². The van der Waals surface area contributed by atoms with Crippen molar-refractivity contribution in [2.75, 3.05) is 36.9 Å². The minimum atomic E-state index is -0.283. The maximum Gasteiger partial charge on any atom is 0.182 e. The molecule has 1 saturated heterocycles. The molecule has 1 aliphatic heterocycles. The van der Waals surface area contributed by atoms with Gasteiger partial charge in [0, 0.05) is 24.8 Å². The first kappa shape index (κ1) is 18.4. The summed E-state index contributed by atoms with van der Waals surface area (Å²) in [4.78, 5) is 15.6. The lowest BCUT2D eigenvalue weighted by Gasteiger charge is -2.29. The Morgan fingerprint density at radius 3 is 2.70 bits per heavy atom. The molecule has 0 amide bonds. The molecule has 1 fully saturated rings. The van der Waals surface area contributed by atoms with Crippen LogP contribution in [0, 0.1) is 5.82 Å². The van der Waals surface area contributed by atoms with Crippen molar-refractivity contribution in [3.8, 4) is 11.5 Å². The molecule has 5 rings (SSSR count). The summed E-state index contributed by atoms with van der Waals surface area (Å²) < 4.78 is 21.2. The molecule has 0 unspecified atom stereocenters. The number of hydrogen-bond donors (Lipinski definition) is 1. The van der Waals surface area contributed by atoms with E-state index < -0.39 is 0 Å². The molecule has 0 saturated carbocycles. The van der Waals surface area contributed by atoms with Crippen LogP contribution >= 0.6 is 0 Å². The summed E-state index contributed by atoms with van der Waals surface area (Å²) in [6.45, 7) is 3.05. The Balaban J connectivity index is 1.55. The van der Waals surface area contributed by atoms with Crippen LogP contribution in [0.5, 0.6) is 0 Å². The van der Waals surface area contributed by atoms with E-state index in [1.807, 2.05) is 12.1 Å². The third-order valence-electron chi connectivity index (χ3n) is 5.15. The number of fused-ring (bicyclic) bond motifs is 1. The molecule has 8 nitrogen and oxygen atoms in total. The summed E-state index contributed by atoms with van der Waals surface area (Å²) in [6, 6.07) is 10.4. The third-order valence-corrected chi connectivity index (χ3v) is 5.15. The van der Waals surface area contributed by atoms with Crippen LogP contribution in [-0.4, -0.2) is 51.0 Å². The molecule has 0 spiro atoms. The number of nitrogens with zero attached hydrogens (tertiary/aromatic N) is 6. The van der Waals surface area contributed by atoms with Gasteiger partial charge in [-0.1, -0.05) is 18.2 Å². The molecule has 4 aromatic rings. The summed E-state index contributed by atoms with van der Waals surface area (Å²) in [5, 5.41) is 5.44. The SMILES string of the molecule is Nc1nc(-c2nn(Cc3ccccc3F)c3ncccc23)ncc1N1CCOCC1. The molecule has 1 aromatic carbocycles. The number of benzene rings is 1. The van der Waals surface area contributed by atoms with Gasteiger partial charge in [0.05, 0.1) is 37.0 Å². The monoisotopic (exact) mass is 405 g/mol. The number of aromatic nitrogens is 5. The second-order valence-electron chi connectivity index (χ2n) is 7.04. The normalized spacial score (nSPS) is 14.4. The number of nitrogen functional groups attached to an aromatic ring is 1. The Morgan fingerprint density at radius 2 is 1.90 bits per heavy atom. The number of ether oxygens (including phenoxy) is 1. The average molecular weight is 405 g/mol. The summed E-state index contributed by atoms with van der Waals surface area (Å²) in [6.07, 6.45) is 3.41. The molecule has 0 aliphatic carbocycles. The average Bonchev–Trinajstić information content (AvgIpc) is 3.14. The predicted molar refractivity (Wildman–Crippen MR) is 112 cm³/mol. The molecule has 1 aliphatic rings. The van der Waals surface area contributed by atoms with Crippen molar-refractivity contribution in [3.05, 3.63) is 60.2 Å². The lowest BCUT2D eigenvalue weighted by atomic mass is 10.2. The van der Waals surface area contributed by atoms with Gasteiger partial charge in [-0.05, 0) is 18.2 Å². The fraction of sp³-hybridized carbons (Fsp3) is 0.238. The highest BCUT2D eigenvalue weighted by Crippen LogP contribution is 2.28. The lowest BCUT2D eigenvalue weighted by Crippen LogP contribution is -2.36. The van der Waals surface area contributed by atoms with Gasteiger partial charge in [0.2, 0.25) is 0 Å². The number of morpholine rings is 1. The molecule has 2 N–H and O–H groups in total. The first-order valence-corrected chi connectivity index (χ1v) is 9.71. The molecule has 152 valence electrons. The van der Waals surface area contributed by atoms with E-state index in [0.717, 1.165) is 24.2 Å². The van der Waals surface area contributed by atoms with Crippen LogP contribution in [0.2, 0.25) is 0 Å². The van der Waals surface area contributed by atoms with Crippen LogP contribution in [0.3, 0.4) is 0 Å². The maximum absolute atomic E-state index is 14.2.